The number of aryl methyl sites for hydroxylation is 1. The Bertz CT molecular complexity index is 590. The van der Waals surface area contributed by atoms with Crippen molar-refractivity contribution in [1.82, 2.24) is 0 Å². The van der Waals surface area contributed by atoms with Crippen molar-refractivity contribution in [3.63, 3.8) is 0 Å². The van der Waals surface area contributed by atoms with E-state index in [0.717, 1.165) is 32.6 Å². The van der Waals surface area contributed by atoms with Crippen LogP contribution < -0.4 is 4.74 Å². The van der Waals surface area contributed by atoms with E-state index in [9.17, 15) is 4.79 Å². The van der Waals surface area contributed by atoms with Crippen molar-refractivity contribution in [2.75, 3.05) is 7.11 Å². The molecule has 2 aromatic rings. The first-order valence-electron chi connectivity index (χ1n) is 6.07. The molecule has 2 nitrogen and oxygen atoms in total. The van der Waals surface area contributed by atoms with Gasteiger partial charge in [0.25, 0.3) is 0 Å². The molecule has 0 atom stereocenters. The molecule has 100 valence electrons. The SMILES string of the molecule is CCc1ccsc1C(=O)Cc1cc(OC)ccc1Br. The quantitative estimate of drug-likeness (QED) is 0.750. The van der Waals surface area contributed by atoms with Gasteiger partial charge >= 0.3 is 0 Å². The predicted molar refractivity (Wildman–Crippen MR) is 82.4 cm³/mol. The number of benzene rings is 1. The number of ether oxygens (including phenoxy) is 1. The van der Waals surface area contributed by atoms with Crippen LogP contribution in [0.3, 0.4) is 0 Å². The summed E-state index contributed by atoms with van der Waals surface area (Å²) >= 11 is 5.00. The van der Waals surface area contributed by atoms with E-state index in [1.54, 1.807) is 7.11 Å². The summed E-state index contributed by atoms with van der Waals surface area (Å²) in [6, 6.07) is 7.72. The fourth-order valence-corrected chi connectivity index (χ4v) is 3.25. The molecule has 0 spiro atoms. The third-order valence-corrected chi connectivity index (χ3v) is 4.76. The van der Waals surface area contributed by atoms with Crippen LogP contribution >= 0.6 is 27.3 Å². The molecule has 1 aromatic carbocycles. The van der Waals surface area contributed by atoms with Crippen molar-refractivity contribution < 1.29 is 9.53 Å². The number of hydrogen-bond acceptors (Lipinski definition) is 3. The minimum absolute atomic E-state index is 0.167. The van der Waals surface area contributed by atoms with E-state index < -0.39 is 0 Å². The van der Waals surface area contributed by atoms with Gasteiger partial charge in [0.2, 0.25) is 0 Å². The van der Waals surface area contributed by atoms with Gasteiger partial charge in [0.15, 0.2) is 5.78 Å². The molecule has 1 heterocycles. The Morgan fingerprint density at radius 3 is 2.79 bits per heavy atom. The van der Waals surface area contributed by atoms with Crippen molar-refractivity contribution in [1.29, 1.82) is 0 Å². The molecule has 0 aliphatic heterocycles. The van der Waals surface area contributed by atoms with Crippen LogP contribution in [0.1, 0.15) is 27.7 Å². The Morgan fingerprint density at radius 2 is 2.11 bits per heavy atom. The van der Waals surface area contributed by atoms with E-state index in [1.807, 2.05) is 29.6 Å². The molecule has 4 heteroatoms. The maximum absolute atomic E-state index is 12.4. The third kappa shape index (κ3) is 3.25. The van der Waals surface area contributed by atoms with Crippen LogP contribution in [0.5, 0.6) is 5.75 Å². The van der Waals surface area contributed by atoms with E-state index in [-0.39, 0.29) is 5.78 Å². The Hall–Kier alpha value is -1.13. The first-order chi connectivity index (χ1) is 9.15. The predicted octanol–water partition coefficient (Wildman–Crippen LogP) is 4.51. The number of hydrogen-bond donors (Lipinski definition) is 0. The minimum atomic E-state index is 0.167. The van der Waals surface area contributed by atoms with Crippen LogP contribution in [-0.2, 0) is 12.8 Å². The molecule has 0 radical (unpaired) electrons. The summed E-state index contributed by atoms with van der Waals surface area (Å²) in [5.41, 5.74) is 2.09. The number of rotatable bonds is 5. The van der Waals surface area contributed by atoms with Crippen LogP contribution in [0.4, 0.5) is 0 Å². The van der Waals surface area contributed by atoms with Gasteiger partial charge in [-0.3, -0.25) is 4.79 Å². The zero-order valence-corrected chi connectivity index (χ0v) is 13.3. The number of carbonyl (C=O) groups excluding carboxylic acids is 1. The zero-order chi connectivity index (χ0) is 13.8. The number of ketones is 1. The standard InChI is InChI=1S/C15H15BrO2S/c1-3-10-6-7-19-15(10)14(17)9-11-8-12(18-2)4-5-13(11)16/h4-8H,3,9H2,1-2H3. The summed E-state index contributed by atoms with van der Waals surface area (Å²) in [5.74, 6) is 0.939. The van der Waals surface area contributed by atoms with Gasteiger partial charge in [0, 0.05) is 10.9 Å². The lowest BCUT2D eigenvalue weighted by molar-refractivity contribution is 0.0996. The molecular weight excluding hydrogens is 324 g/mol. The lowest BCUT2D eigenvalue weighted by Crippen LogP contribution is -2.04. The number of Topliss-reactive ketones (excluding diaryl/α,β-unsaturated/α-hetero) is 1. The van der Waals surface area contributed by atoms with Crippen LogP contribution in [0.2, 0.25) is 0 Å². The number of methoxy groups -OCH3 is 1. The Labute approximate surface area is 125 Å². The van der Waals surface area contributed by atoms with Gasteiger partial charge in [-0.2, -0.15) is 0 Å². The Morgan fingerprint density at radius 1 is 1.32 bits per heavy atom. The highest BCUT2D eigenvalue weighted by atomic mass is 79.9. The third-order valence-electron chi connectivity index (χ3n) is 2.98. The van der Waals surface area contributed by atoms with Gasteiger partial charge in [-0.05, 0) is 47.2 Å². The zero-order valence-electron chi connectivity index (χ0n) is 10.9. The Kier molecular flexibility index (Phi) is 4.77. The van der Waals surface area contributed by atoms with Crippen molar-refractivity contribution in [3.05, 3.63) is 50.1 Å². The first kappa shape index (κ1) is 14.3. The highest BCUT2D eigenvalue weighted by Gasteiger charge is 2.14. The van der Waals surface area contributed by atoms with Gasteiger partial charge in [0.05, 0.1) is 12.0 Å². The molecule has 0 fully saturated rings. The van der Waals surface area contributed by atoms with Crippen molar-refractivity contribution in [2.24, 2.45) is 0 Å². The van der Waals surface area contributed by atoms with E-state index in [0.29, 0.717) is 6.42 Å². The molecule has 0 N–H and O–H groups in total. The molecule has 19 heavy (non-hydrogen) atoms. The van der Waals surface area contributed by atoms with Crippen LogP contribution in [0.25, 0.3) is 0 Å². The van der Waals surface area contributed by atoms with E-state index in [4.69, 9.17) is 4.74 Å². The van der Waals surface area contributed by atoms with Crippen LogP contribution in [0, 0.1) is 0 Å². The monoisotopic (exact) mass is 338 g/mol. The van der Waals surface area contributed by atoms with Gasteiger partial charge in [-0.1, -0.05) is 22.9 Å². The normalized spacial score (nSPS) is 10.5. The molecule has 0 aliphatic carbocycles. The van der Waals surface area contributed by atoms with Crippen molar-refractivity contribution in [2.45, 2.75) is 19.8 Å². The lowest BCUT2D eigenvalue weighted by atomic mass is 10.0. The molecule has 1 aromatic heterocycles. The highest BCUT2D eigenvalue weighted by molar-refractivity contribution is 9.10. The smallest absolute Gasteiger partial charge is 0.177 e. The van der Waals surface area contributed by atoms with Gasteiger partial charge in [0.1, 0.15) is 5.75 Å². The fraction of sp³-hybridized carbons (Fsp3) is 0.267. The molecule has 2 rings (SSSR count). The summed E-state index contributed by atoms with van der Waals surface area (Å²) in [6.45, 7) is 2.07. The average molecular weight is 339 g/mol. The van der Waals surface area contributed by atoms with E-state index in [2.05, 4.69) is 22.9 Å². The molecule has 0 bridgehead atoms. The maximum Gasteiger partial charge on any atom is 0.177 e. The van der Waals surface area contributed by atoms with E-state index >= 15 is 0 Å². The Balaban J connectivity index is 2.24. The molecule has 0 unspecified atom stereocenters. The van der Waals surface area contributed by atoms with Crippen LogP contribution in [0.15, 0.2) is 34.1 Å². The number of halogens is 1. The second-order valence-corrected chi connectivity index (χ2v) is 5.96. The largest absolute Gasteiger partial charge is 0.497 e. The van der Waals surface area contributed by atoms with Gasteiger partial charge in [-0.15, -0.1) is 11.3 Å². The molecular formula is C15H15BrO2S. The molecule has 0 aliphatic rings. The highest BCUT2D eigenvalue weighted by Crippen LogP contribution is 2.26. The lowest BCUT2D eigenvalue weighted by Gasteiger charge is -2.07. The fourth-order valence-electron chi connectivity index (χ4n) is 1.93. The van der Waals surface area contributed by atoms with Crippen LogP contribution in [-0.4, -0.2) is 12.9 Å². The van der Waals surface area contributed by atoms with Crippen molar-refractivity contribution >= 4 is 33.0 Å². The molecule has 0 saturated heterocycles. The summed E-state index contributed by atoms with van der Waals surface area (Å²) in [6.07, 6.45) is 1.29. The number of thiophene rings is 1. The second-order valence-electron chi connectivity index (χ2n) is 4.19. The summed E-state index contributed by atoms with van der Waals surface area (Å²) in [7, 11) is 1.63. The second kappa shape index (κ2) is 6.35. The average Bonchev–Trinajstić information content (AvgIpc) is 2.89. The summed E-state index contributed by atoms with van der Waals surface area (Å²) in [4.78, 5) is 13.2. The van der Waals surface area contributed by atoms with Gasteiger partial charge < -0.3 is 4.74 Å². The molecule has 0 amide bonds. The van der Waals surface area contributed by atoms with Gasteiger partial charge in [-0.25, -0.2) is 0 Å². The maximum atomic E-state index is 12.4. The minimum Gasteiger partial charge on any atom is -0.497 e. The summed E-state index contributed by atoms with van der Waals surface area (Å²) in [5, 5.41) is 1.98. The topological polar surface area (TPSA) is 26.3 Å². The first-order valence-corrected chi connectivity index (χ1v) is 7.75. The summed E-state index contributed by atoms with van der Waals surface area (Å²) < 4.78 is 6.14. The molecule has 0 saturated carbocycles. The van der Waals surface area contributed by atoms with Crippen molar-refractivity contribution in [3.8, 4) is 5.75 Å². The number of carbonyl (C=O) groups is 1. The van der Waals surface area contributed by atoms with E-state index in [1.165, 1.54) is 11.3 Å².